The molecule has 3 rings (SSSR count). The Morgan fingerprint density at radius 2 is 1.79 bits per heavy atom. The third-order valence-electron chi connectivity index (χ3n) is 5.25. The van der Waals surface area contributed by atoms with Crippen LogP contribution in [0.3, 0.4) is 0 Å². The van der Waals surface area contributed by atoms with Gasteiger partial charge in [0.2, 0.25) is 5.91 Å². The monoisotopic (exact) mass is 435 g/mol. The average molecular weight is 436 g/mol. The zero-order valence-electron chi connectivity index (χ0n) is 16.4. The highest BCUT2D eigenvalue weighted by atomic mass is 35.5. The molecule has 2 aromatic rings. The molecule has 1 aromatic heterocycles. The van der Waals surface area contributed by atoms with Crippen molar-refractivity contribution in [2.45, 2.75) is 43.2 Å². The molecule has 1 aliphatic heterocycles. The van der Waals surface area contributed by atoms with Crippen molar-refractivity contribution in [3.05, 3.63) is 59.4 Å². The van der Waals surface area contributed by atoms with Crippen LogP contribution in [0, 0.1) is 0 Å². The molecule has 0 radical (unpaired) electrons. The Hall–Kier alpha value is -2.12. The number of pyridine rings is 1. The minimum absolute atomic E-state index is 0.0273. The van der Waals surface area contributed by atoms with E-state index in [1.165, 1.54) is 0 Å². The van der Waals surface area contributed by atoms with E-state index < -0.39 is 15.1 Å². The lowest BCUT2D eigenvalue weighted by Crippen LogP contribution is -2.45. The first-order valence-electron chi connectivity index (χ1n) is 9.74. The molecule has 2 heterocycles. The van der Waals surface area contributed by atoms with Crippen LogP contribution in [0.5, 0.6) is 0 Å². The summed E-state index contributed by atoms with van der Waals surface area (Å²) in [5.41, 5.74) is 1.80. The Kier molecular flexibility index (Phi) is 7.14. The average Bonchev–Trinajstić information content (AvgIpc) is 2.71. The second-order valence-corrected chi connectivity index (χ2v) is 10.3. The summed E-state index contributed by atoms with van der Waals surface area (Å²) in [6.07, 6.45) is 5.19. The maximum absolute atomic E-state index is 12.6. The molecule has 1 atom stereocenters. The van der Waals surface area contributed by atoms with Gasteiger partial charge in [-0.1, -0.05) is 23.7 Å². The molecule has 29 heavy (non-hydrogen) atoms. The maximum atomic E-state index is 12.6. The number of piperidine rings is 1. The summed E-state index contributed by atoms with van der Waals surface area (Å²) in [5, 5.41) is 2.83. The fourth-order valence-corrected chi connectivity index (χ4v) is 4.94. The fourth-order valence-electron chi connectivity index (χ4n) is 3.47. The van der Waals surface area contributed by atoms with E-state index in [0.29, 0.717) is 10.6 Å². The molecule has 0 aliphatic carbocycles. The van der Waals surface area contributed by atoms with Crippen LogP contribution < -0.4 is 10.2 Å². The van der Waals surface area contributed by atoms with Crippen LogP contribution in [0.4, 0.5) is 5.69 Å². The van der Waals surface area contributed by atoms with Crippen LogP contribution in [-0.4, -0.2) is 43.7 Å². The van der Waals surface area contributed by atoms with Crippen LogP contribution in [0.1, 0.15) is 31.7 Å². The number of carbonyl (C=O) groups is 1. The molecule has 1 saturated heterocycles. The van der Waals surface area contributed by atoms with Gasteiger partial charge in [-0.2, -0.15) is 0 Å². The maximum Gasteiger partial charge on any atom is 0.221 e. The molecule has 8 heteroatoms. The van der Waals surface area contributed by atoms with Crippen LogP contribution in [0.2, 0.25) is 5.02 Å². The Morgan fingerprint density at radius 3 is 2.41 bits per heavy atom. The number of amides is 1. The SMILES string of the molecule is CC(CC(=O)NC1CCN(c2ccncc2)CC1)S(=O)(=O)Cc1ccc(Cl)cc1. The molecule has 1 N–H and O–H groups in total. The zero-order valence-corrected chi connectivity index (χ0v) is 18.0. The lowest BCUT2D eigenvalue weighted by Gasteiger charge is -2.34. The number of halogens is 1. The van der Waals surface area contributed by atoms with Crippen LogP contribution >= 0.6 is 11.6 Å². The van der Waals surface area contributed by atoms with Crippen molar-refractivity contribution in [1.82, 2.24) is 10.3 Å². The van der Waals surface area contributed by atoms with Crippen molar-refractivity contribution in [3.8, 4) is 0 Å². The summed E-state index contributed by atoms with van der Waals surface area (Å²) in [6, 6.07) is 10.8. The first-order valence-corrected chi connectivity index (χ1v) is 11.8. The van der Waals surface area contributed by atoms with E-state index in [4.69, 9.17) is 11.6 Å². The van der Waals surface area contributed by atoms with Gasteiger partial charge in [0.15, 0.2) is 9.84 Å². The van der Waals surface area contributed by atoms with Crippen LogP contribution in [0.15, 0.2) is 48.8 Å². The van der Waals surface area contributed by atoms with Crippen molar-refractivity contribution in [1.29, 1.82) is 0 Å². The normalized spacial score (nSPS) is 16.4. The minimum Gasteiger partial charge on any atom is -0.371 e. The van der Waals surface area contributed by atoms with Crippen molar-refractivity contribution in [2.24, 2.45) is 0 Å². The van der Waals surface area contributed by atoms with Crippen molar-refractivity contribution < 1.29 is 13.2 Å². The summed E-state index contributed by atoms with van der Waals surface area (Å²) in [5.74, 6) is -0.303. The quantitative estimate of drug-likeness (QED) is 0.722. The van der Waals surface area contributed by atoms with Gasteiger partial charge >= 0.3 is 0 Å². The molecule has 1 fully saturated rings. The largest absolute Gasteiger partial charge is 0.371 e. The number of sulfone groups is 1. The number of carbonyl (C=O) groups excluding carboxylic acids is 1. The summed E-state index contributed by atoms with van der Waals surface area (Å²) in [7, 11) is -3.42. The first-order chi connectivity index (χ1) is 13.8. The molecule has 156 valence electrons. The summed E-state index contributed by atoms with van der Waals surface area (Å²) in [4.78, 5) is 18.7. The number of aromatic nitrogens is 1. The van der Waals surface area contributed by atoms with Gasteiger partial charge in [-0.25, -0.2) is 8.42 Å². The smallest absolute Gasteiger partial charge is 0.221 e. The number of hydrogen-bond acceptors (Lipinski definition) is 5. The van der Waals surface area contributed by atoms with Crippen molar-refractivity contribution >= 4 is 33.0 Å². The lowest BCUT2D eigenvalue weighted by atomic mass is 10.0. The summed E-state index contributed by atoms with van der Waals surface area (Å²) in [6.45, 7) is 3.29. The predicted octanol–water partition coefficient (Wildman–Crippen LogP) is 3.21. The first kappa shape index (κ1) is 21.6. The fraction of sp³-hybridized carbons (Fsp3) is 0.429. The highest BCUT2D eigenvalue weighted by Crippen LogP contribution is 2.20. The summed E-state index contributed by atoms with van der Waals surface area (Å²) < 4.78 is 25.2. The number of nitrogens with zero attached hydrogens (tertiary/aromatic N) is 2. The second-order valence-electron chi connectivity index (χ2n) is 7.48. The van der Waals surface area contributed by atoms with Crippen molar-refractivity contribution in [2.75, 3.05) is 18.0 Å². The number of hydrogen-bond donors (Lipinski definition) is 1. The Morgan fingerprint density at radius 1 is 1.17 bits per heavy atom. The van der Waals surface area contributed by atoms with Gasteiger partial charge in [-0.05, 0) is 49.6 Å². The zero-order chi connectivity index (χ0) is 20.9. The van der Waals surface area contributed by atoms with Gasteiger partial charge in [-0.15, -0.1) is 0 Å². The highest BCUT2D eigenvalue weighted by molar-refractivity contribution is 7.91. The molecular weight excluding hydrogens is 410 g/mol. The molecular formula is C21H26ClN3O3S. The van der Waals surface area contributed by atoms with Gasteiger partial charge in [0.05, 0.1) is 11.0 Å². The minimum atomic E-state index is -3.42. The van der Waals surface area contributed by atoms with E-state index in [9.17, 15) is 13.2 Å². The second kappa shape index (κ2) is 9.59. The van der Waals surface area contributed by atoms with Crippen LogP contribution in [0.25, 0.3) is 0 Å². The van der Waals surface area contributed by atoms with E-state index in [-0.39, 0.29) is 24.1 Å². The third-order valence-corrected chi connectivity index (χ3v) is 7.64. The number of benzene rings is 1. The van der Waals surface area contributed by atoms with Gasteiger partial charge in [0.25, 0.3) is 0 Å². The van der Waals surface area contributed by atoms with E-state index in [0.717, 1.165) is 31.6 Å². The Bertz CT molecular complexity index is 912. The molecule has 1 aromatic carbocycles. The van der Waals surface area contributed by atoms with Gasteiger partial charge < -0.3 is 10.2 Å². The molecule has 0 bridgehead atoms. The van der Waals surface area contributed by atoms with Crippen LogP contribution in [-0.2, 0) is 20.4 Å². The molecule has 6 nitrogen and oxygen atoms in total. The summed E-state index contributed by atoms with van der Waals surface area (Å²) >= 11 is 5.84. The highest BCUT2D eigenvalue weighted by Gasteiger charge is 2.26. The van der Waals surface area contributed by atoms with E-state index in [2.05, 4.69) is 15.2 Å². The standard InChI is InChI=1S/C21H26ClN3O3S/c1-16(29(27,28)15-17-2-4-18(22)5-3-17)14-21(26)24-19-8-12-25(13-9-19)20-6-10-23-11-7-20/h2-7,10-11,16,19H,8-9,12-15H2,1H3,(H,24,26). The van der Waals surface area contributed by atoms with E-state index in [1.54, 1.807) is 43.6 Å². The third kappa shape index (κ3) is 6.18. The lowest BCUT2D eigenvalue weighted by molar-refractivity contribution is -0.121. The van der Waals surface area contributed by atoms with Gasteiger partial charge in [0, 0.05) is 48.7 Å². The van der Waals surface area contributed by atoms with E-state index in [1.807, 2.05) is 12.1 Å². The van der Waals surface area contributed by atoms with Gasteiger partial charge in [-0.3, -0.25) is 9.78 Å². The molecule has 1 aliphatic rings. The number of rotatable bonds is 7. The Balaban J connectivity index is 1.47. The molecule has 1 amide bonds. The molecule has 0 spiro atoms. The van der Waals surface area contributed by atoms with Gasteiger partial charge in [0.1, 0.15) is 0 Å². The molecule has 1 unspecified atom stereocenters. The number of nitrogens with one attached hydrogen (secondary N) is 1. The number of anilines is 1. The van der Waals surface area contributed by atoms with E-state index >= 15 is 0 Å². The topological polar surface area (TPSA) is 79.4 Å². The van der Waals surface area contributed by atoms with Crippen molar-refractivity contribution in [3.63, 3.8) is 0 Å². The Labute approximate surface area is 177 Å². The predicted molar refractivity (Wildman–Crippen MR) is 116 cm³/mol. The molecule has 0 saturated carbocycles.